The number of likely N-dealkylation sites (tertiary alicyclic amines) is 1. The van der Waals surface area contributed by atoms with Gasteiger partial charge in [0.25, 0.3) is 0 Å². The second-order valence-corrected chi connectivity index (χ2v) is 6.13. The average molecular weight is 296 g/mol. The van der Waals surface area contributed by atoms with Gasteiger partial charge in [-0.1, -0.05) is 6.07 Å². The largest absolute Gasteiger partial charge is 0.387 e. The fraction of sp³-hybridized carbons (Fsp3) is 0.625. The predicted molar refractivity (Wildman–Crippen MR) is 76.9 cm³/mol. The Balaban J connectivity index is 1.46. The Morgan fingerprint density at radius 3 is 2.52 bits per heavy atom. The van der Waals surface area contributed by atoms with Crippen molar-refractivity contribution in [2.75, 3.05) is 19.6 Å². The molecule has 1 saturated carbocycles. The van der Waals surface area contributed by atoms with Crippen molar-refractivity contribution in [3.8, 4) is 0 Å². The van der Waals surface area contributed by atoms with E-state index in [0.717, 1.165) is 38.0 Å². The summed E-state index contributed by atoms with van der Waals surface area (Å²) in [5, 5.41) is 13.3. The van der Waals surface area contributed by atoms with Crippen LogP contribution in [0.3, 0.4) is 0 Å². The number of nitrogens with zero attached hydrogens (tertiary/aromatic N) is 1. The Kier molecular flexibility index (Phi) is 4.52. The molecule has 116 valence electrons. The van der Waals surface area contributed by atoms with Gasteiger partial charge in [-0.15, -0.1) is 0 Å². The van der Waals surface area contributed by atoms with E-state index < -0.39 is 17.7 Å². The maximum Gasteiger partial charge on any atom is 0.131 e. The first-order valence-electron chi connectivity index (χ1n) is 7.74. The molecule has 1 saturated heterocycles. The van der Waals surface area contributed by atoms with Gasteiger partial charge in [0.1, 0.15) is 11.6 Å². The highest BCUT2D eigenvalue weighted by Gasteiger charge is 2.31. The molecule has 2 aliphatic rings. The molecule has 21 heavy (non-hydrogen) atoms. The lowest BCUT2D eigenvalue weighted by atomic mass is 10.0. The summed E-state index contributed by atoms with van der Waals surface area (Å²) in [6.45, 7) is 2.50. The van der Waals surface area contributed by atoms with Gasteiger partial charge in [0.2, 0.25) is 0 Å². The summed E-state index contributed by atoms with van der Waals surface area (Å²) in [4.78, 5) is 2.54. The average Bonchev–Trinajstić information content (AvgIpc) is 3.30. The van der Waals surface area contributed by atoms with Crippen molar-refractivity contribution in [1.29, 1.82) is 0 Å². The minimum absolute atomic E-state index is 0.152. The van der Waals surface area contributed by atoms with E-state index in [1.165, 1.54) is 25.0 Å². The zero-order valence-corrected chi connectivity index (χ0v) is 12.1. The Labute approximate surface area is 124 Å². The van der Waals surface area contributed by atoms with Gasteiger partial charge >= 0.3 is 0 Å². The van der Waals surface area contributed by atoms with E-state index >= 15 is 0 Å². The molecule has 1 unspecified atom stereocenters. The van der Waals surface area contributed by atoms with E-state index in [1.807, 2.05) is 0 Å². The molecule has 1 aromatic carbocycles. The molecular weight excluding hydrogens is 274 g/mol. The Morgan fingerprint density at radius 1 is 1.19 bits per heavy atom. The first-order chi connectivity index (χ1) is 10.1. The first-order valence-corrected chi connectivity index (χ1v) is 7.74. The van der Waals surface area contributed by atoms with Crippen LogP contribution in [0.5, 0.6) is 0 Å². The number of aliphatic hydroxyl groups excluding tert-OH is 1. The van der Waals surface area contributed by atoms with Gasteiger partial charge < -0.3 is 15.3 Å². The summed E-state index contributed by atoms with van der Waals surface area (Å²) >= 11 is 0. The molecule has 1 heterocycles. The molecule has 1 aliphatic heterocycles. The van der Waals surface area contributed by atoms with Crippen molar-refractivity contribution in [3.05, 3.63) is 35.4 Å². The van der Waals surface area contributed by atoms with Crippen LogP contribution in [0, 0.1) is 11.6 Å². The highest BCUT2D eigenvalue weighted by molar-refractivity contribution is 5.21. The van der Waals surface area contributed by atoms with Crippen LogP contribution in [0.25, 0.3) is 0 Å². The van der Waals surface area contributed by atoms with Gasteiger partial charge in [0.05, 0.1) is 6.10 Å². The lowest BCUT2D eigenvalue weighted by Gasteiger charge is -2.33. The molecule has 2 N–H and O–H groups in total. The minimum atomic E-state index is -0.938. The van der Waals surface area contributed by atoms with Crippen molar-refractivity contribution >= 4 is 0 Å². The molecule has 0 aromatic heterocycles. The van der Waals surface area contributed by atoms with Crippen LogP contribution in [-0.4, -0.2) is 41.7 Å². The van der Waals surface area contributed by atoms with Gasteiger partial charge in [-0.3, -0.25) is 0 Å². The molecule has 0 bridgehead atoms. The quantitative estimate of drug-likeness (QED) is 0.874. The van der Waals surface area contributed by atoms with Crippen LogP contribution in [0.2, 0.25) is 0 Å². The summed E-state index contributed by atoms with van der Waals surface area (Å²) in [5.74, 6) is -1.31. The Hall–Kier alpha value is -1.04. The normalized spacial score (nSPS) is 22.4. The number of piperidine rings is 1. The fourth-order valence-electron chi connectivity index (χ4n) is 3.07. The summed E-state index contributed by atoms with van der Waals surface area (Å²) in [6.07, 6.45) is 3.86. The molecule has 0 spiro atoms. The molecule has 2 fully saturated rings. The van der Waals surface area contributed by atoms with Crippen molar-refractivity contribution < 1.29 is 13.9 Å². The predicted octanol–water partition coefficient (Wildman–Crippen LogP) is 2.21. The molecular formula is C16H22F2N2O. The van der Waals surface area contributed by atoms with Crippen LogP contribution in [-0.2, 0) is 0 Å². The van der Waals surface area contributed by atoms with Crippen LogP contribution < -0.4 is 5.32 Å². The fourth-order valence-corrected chi connectivity index (χ4v) is 3.07. The molecule has 3 nitrogen and oxygen atoms in total. The third kappa shape index (κ3) is 3.78. The zero-order chi connectivity index (χ0) is 14.8. The highest BCUT2D eigenvalue weighted by Crippen LogP contribution is 2.29. The number of aliphatic hydroxyl groups is 1. The maximum absolute atomic E-state index is 13.6. The van der Waals surface area contributed by atoms with E-state index in [0.29, 0.717) is 12.6 Å². The van der Waals surface area contributed by atoms with E-state index in [9.17, 15) is 13.9 Å². The van der Waals surface area contributed by atoms with Crippen molar-refractivity contribution in [1.82, 2.24) is 10.2 Å². The summed E-state index contributed by atoms with van der Waals surface area (Å²) in [7, 11) is 0. The number of hydrogen-bond donors (Lipinski definition) is 2. The molecule has 0 amide bonds. The number of halogens is 2. The van der Waals surface area contributed by atoms with Gasteiger partial charge in [-0.25, -0.2) is 8.78 Å². The second-order valence-electron chi connectivity index (χ2n) is 6.13. The lowest BCUT2D eigenvalue weighted by molar-refractivity contribution is 0.146. The second kappa shape index (κ2) is 6.38. The summed E-state index contributed by atoms with van der Waals surface area (Å²) in [5.41, 5.74) is 0.152. The highest BCUT2D eigenvalue weighted by atomic mass is 19.1. The third-order valence-corrected chi connectivity index (χ3v) is 4.51. The van der Waals surface area contributed by atoms with Crippen molar-refractivity contribution in [3.63, 3.8) is 0 Å². The molecule has 3 rings (SSSR count). The van der Waals surface area contributed by atoms with Crippen LogP contribution in [0.15, 0.2) is 18.2 Å². The molecule has 0 radical (unpaired) electrons. The SMILES string of the molecule is OC(CNC1CCN(C2CC2)CC1)c1ccc(F)cc1F. The number of hydrogen-bond acceptors (Lipinski definition) is 3. The van der Waals surface area contributed by atoms with Gasteiger partial charge in [0.15, 0.2) is 0 Å². The van der Waals surface area contributed by atoms with E-state index in [-0.39, 0.29) is 5.56 Å². The van der Waals surface area contributed by atoms with Crippen LogP contribution in [0.1, 0.15) is 37.4 Å². The van der Waals surface area contributed by atoms with E-state index in [2.05, 4.69) is 10.2 Å². The number of nitrogens with one attached hydrogen (secondary N) is 1. The molecule has 1 atom stereocenters. The molecule has 1 aliphatic carbocycles. The van der Waals surface area contributed by atoms with Gasteiger partial charge in [0, 0.05) is 30.3 Å². The lowest BCUT2D eigenvalue weighted by Crippen LogP contribution is -2.44. The molecule has 1 aromatic rings. The monoisotopic (exact) mass is 296 g/mol. The van der Waals surface area contributed by atoms with Crippen molar-refractivity contribution in [2.24, 2.45) is 0 Å². The van der Waals surface area contributed by atoms with Gasteiger partial charge in [-0.05, 0) is 44.8 Å². The third-order valence-electron chi connectivity index (χ3n) is 4.51. The number of rotatable bonds is 5. The first kappa shape index (κ1) is 14.9. The van der Waals surface area contributed by atoms with Gasteiger partial charge in [-0.2, -0.15) is 0 Å². The maximum atomic E-state index is 13.6. The minimum Gasteiger partial charge on any atom is -0.387 e. The van der Waals surface area contributed by atoms with E-state index in [1.54, 1.807) is 0 Å². The Bertz CT molecular complexity index is 485. The van der Waals surface area contributed by atoms with Crippen molar-refractivity contribution in [2.45, 2.75) is 43.9 Å². The molecule has 5 heteroatoms. The van der Waals surface area contributed by atoms with Crippen LogP contribution >= 0.6 is 0 Å². The smallest absolute Gasteiger partial charge is 0.131 e. The zero-order valence-electron chi connectivity index (χ0n) is 12.1. The summed E-state index contributed by atoms with van der Waals surface area (Å²) in [6, 6.07) is 4.48. The van der Waals surface area contributed by atoms with E-state index in [4.69, 9.17) is 0 Å². The Morgan fingerprint density at radius 2 is 1.90 bits per heavy atom. The van der Waals surface area contributed by atoms with Crippen LogP contribution in [0.4, 0.5) is 8.78 Å². The standard InChI is InChI=1S/C16H22F2N2O/c17-11-1-4-14(15(18)9-11)16(21)10-19-12-5-7-20(8-6-12)13-2-3-13/h1,4,9,12-13,16,19,21H,2-3,5-8,10H2. The summed E-state index contributed by atoms with van der Waals surface area (Å²) < 4.78 is 26.4. The number of benzene rings is 1. The topological polar surface area (TPSA) is 35.5 Å².